The number of rotatable bonds is 7. The van der Waals surface area contributed by atoms with Gasteiger partial charge in [0.15, 0.2) is 17.3 Å². The first-order chi connectivity index (χ1) is 15.0. The van der Waals surface area contributed by atoms with Crippen LogP contribution >= 0.6 is 11.8 Å². The smallest absolute Gasteiger partial charge is 0.340 e. The molecular formula is C21H21N3O6S. The number of H-pyrrole nitrogens is 1. The molecule has 9 nitrogen and oxygen atoms in total. The third kappa shape index (κ3) is 4.29. The Balaban J connectivity index is 1.40. The Morgan fingerprint density at radius 1 is 1.23 bits per heavy atom. The minimum atomic E-state index is -0.520. The van der Waals surface area contributed by atoms with Crippen molar-refractivity contribution in [3.63, 3.8) is 0 Å². The van der Waals surface area contributed by atoms with Gasteiger partial charge in [-0.1, -0.05) is 23.9 Å². The van der Waals surface area contributed by atoms with Gasteiger partial charge in [-0.3, -0.25) is 4.79 Å². The maximum atomic E-state index is 12.7. The molecule has 1 aliphatic heterocycles. The van der Waals surface area contributed by atoms with E-state index in [0.717, 1.165) is 11.8 Å². The number of nitrogens with zero attached hydrogens (tertiary/aromatic N) is 2. The number of Topliss-reactive ketones (excluding diaryl/α,β-unsaturated/α-hetero) is 1. The van der Waals surface area contributed by atoms with Crippen LogP contribution in [0, 0.1) is 13.8 Å². The van der Waals surface area contributed by atoms with Gasteiger partial charge in [0.2, 0.25) is 6.10 Å². The number of ether oxygens (including phenoxy) is 3. The number of carbonyl (C=O) groups excluding carboxylic acids is 2. The van der Waals surface area contributed by atoms with Crippen LogP contribution in [0.25, 0.3) is 0 Å². The molecule has 4 rings (SSSR count). The normalized spacial score (nSPS) is 15.0. The average molecular weight is 443 g/mol. The number of aromatic nitrogens is 3. The van der Waals surface area contributed by atoms with E-state index in [1.807, 2.05) is 18.2 Å². The van der Waals surface area contributed by atoms with Gasteiger partial charge in [0, 0.05) is 5.69 Å². The zero-order valence-corrected chi connectivity index (χ0v) is 18.1. The van der Waals surface area contributed by atoms with Crippen LogP contribution in [0.2, 0.25) is 0 Å². The van der Waals surface area contributed by atoms with Gasteiger partial charge in [0.1, 0.15) is 6.61 Å². The number of benzene rings is 1. The highest BCUT2D eigenvalue weighted by Gasteiger charge is 2.28. The van der Waals surface area contributed by atoms with Crippen molar-refractivity contribution in [2.75, 3.05) is 19.0 Å². The van der Waals surface area contributed by atoms with Gasteiger partial charge in [-0.25, -0.2) is 4.79 Å². The Bertz CT molecular complexity index is 1120. The number of nitrogens with one attached hydrogen (secondary N) is 1. The maximum absolute atomic E-state index is 12.7. The average Bonchev–Trinajstić information content (AvgIpc) is 3.36. The number of hydrogen-bond donors (Lipinski definition) is 1. The van der Waals surface area contributed by atoms with E-state index in [-0.39, 0.29) is 35.9 Å². The number of hydrogen-bond acceptors (Lipinski definition) is 9. The molecule has 0 spiro atoms. The number of para-hydroxylation sites is 2. The lowest BCUT2D eigenvalue weighted by Crippen LogP contribution is -2.21. The monoisotopic (exact) mass is 443 g/mol. The molecule has 3 heterocycles. The van der Waals surface area contributed by atoms with E-state index in [4.69, 9.17) is 18.6 Å². The molecule has 1 atom stereocenters. The van der Waals surface area contributed by atoms with Crippen molar-refractivity contribution in [3.05, 3.63) is 52.7 Å². The fraction of sp³-hybridized carbons (Fsp3) is 0.333. The van der Waals surface area contributed by atoms with E-state index in [1.54, 1.807) is 26.8 Å². The number of fused-ring (bicyclic) bond motifs is 1. The molecule has 0 fully saturated rings. The molecule has 0 radical (unpaired) electrons. The van der Waals surface area contributed by atoms with Crippen LogP contribution in [0.15, 0.2) is 33.9 Å². The van der Waals surface area contributed by atoms with Gasteiger partial charge in [0.05, 0.1) is 23.6 Å². The summed E-state index contributed by atoms with van der Waals surface area (Å²) >= 11 is 1.11. The van der Waals surface area contributed by atoms with Gasteiger partial charge in [-0.15, -0.1) is 10.2 Å². The van der Waals surface area contributed by atoms with Crippen LogP contribution in [0.5, 0.6) is 11.5 Å². The summed E-state index contributed by atoms with van der Waals surface area (Å²) in [5.74, 6) is 0.982. The Morgan fingerprint density at radius 2 is 2.00 bits per heavy atom. The van der Waals surface area contributed by atoms with E-state index >= 15 is 0 Å². The van der Waals surface area contributed by atoms with Crippen LogP contribution in [0.1, 0.15) is 51.0 Å². The number of esters is 1. The van der Waals surface area contributed by atoms with Crippen LogP contribution in [0.3, 0.4) is 0 Å². The second-order valence-corrected chi connectivity index (χ2v) is 7.75. The lowest BCUT2D eigenvalue weighted by atomic mass is 10.1. The largest absolute Gasteiger partial charge is 0.485 e. The van der Waals surface area contributed by atoms with Gasteiger partial charge in [-0.05, 0) is 38.5 Å². The van der Waals surface area contributed by atoms with Crippen LogP contribution in [0.4, 0.5) is 0 Å². The lowest BCUT2D eigenvalue weighted by molar-refractivity contribution is 0.0525. The number of aromatic amines is 1. The summed E-state index contributed by atoms with van der Waals surface area (Å²) < 4.78 is 22.2. The van der Waals surface area contributed by atoms with Crippen molar-refractivity contribution in [1.82, 2.24) is 15.2 Å². The van der Waals surface area contributed by atoms with Crippen molar-refractivity contribution in [2.45, 2.75) is 32.1 Å². The van der Waals surface area contributed by atoms with Crippen molar-refractivity contribution in [1.29, 1.82) is 0 Å². The van der Waals surface area contributed by atoms with Crippen LogP contribution in [-0.2, 0) is 4.74 Å². The van der Waals surface area contributed by atoms with E-state index in [0.29, 0.717) is 34.0 Å². The first-order valence-corrected chi connectivity index (χ1v) is 10.7. The Labute approximate surface area is 182 Å². The predicted molar refractivity (Wildman–Crippen MR) is 111 cm³/mol. The molecule has 162 valence electrons. The zero-order valence-electron chi connectivity index (χ0n) is 17.3. The number of thioether (sulfide) groups is 1. The fourth-order valence-corrected chi connectivity index (χ4v) is 3.93. The molecule has 0 bridgehead atoms. The topological polar surface area (TPSA) is 117 Å². The summed E-state index contributed by atoms with van der Waals surface area (Å²) in [6.07, 6.45) is -0.520. The molecule has 1 N–H and O–H groups in total. The molecule has 0 aliphatic carbocycles. The van der Waals surface area contributed by atoms with Crippen molar-refractivity contribution in [2.24, 2.45) is 0 Å². The highest BCUT2D eigenvalue weighted by molar-refractivity contribution is 7.99. The Kier molecular flexibility index (Phi) is 5.99. The number of aryl methyl sites for hydroxylation is 1. The van der Waals surface area contributed by atoms with Gasteiger partial charge < -0.3 is 23.6 Å². The first kappa shape index (κ1) is 21.0. The summed E-state index contributed by atoms with van der Waals surface area (Å²) in [5.41, 5.74) is 1.93. The fourth-order valence-electron chi connectivity index (χ4n) is 3.29. The van der Waals surface area contributed by atoms with Crippen molar-refractivity contribution >= 4 is 23.5 Å². The maximum Gasteiger partial charge on any atom is 0.340 e. The number of ketones is 1. The molecule has 1 aliphatic rings. The molecule has 0 saturated heterocycles. The van der Waals surface area contributed by atoms with Crippen LogP contribution < -0.4 is 9.47 Å². The molecule has 3 aromatic rings. The second kappa shape index (κ2) is 8.84. The van der Waals surface area contributed by atoms with E-state index in [2.05, 4.69) is 15.2 Å². The predicted octanol–water partition coefficient (Wildman–Crippen LogP) is 3.68. The summed E-state index contributed by atoms with van der Waals surface area (Å²) in [5, 5.41) is 8.25. The summed E-state index contributed by atoms with van der Waals surface area (Å²) in [7, 11) is 0. The summed E-state index contributed by atoms with van der Waals surface area (Å²) in [6.45, 7) is 5.71. The van der Waals surface area contributed by atoms with Gasteiger partial charge in [-0.2, -0.15) is 0 Å². The summed E-state index contributed by atoms with van der Waals surface area (Å²) in [6, 6.07) is 7.34. The van der Waals surface area contributed by atoms with E-state index in [1.165, 1.54) is 0 Å². The molecule has 2 aromatic heterocycles. The molecule has 1 aromatic carbocycles. The second-order valence-electron chi connectivity index (χ2n) is 6.83. The molecule has 31 heavy (non-hydrogen) atoms. The molecule has 0 amide bonds. The van der Waals surface area contributed by atoms with Gasteiger partial charge in [0.25, 0.3) is 11.1 Å². The van der Waals surface area contributed by atoms with Crippen molar-refractivity contribution in [3.8, 4) is 11.5 Å². The standard InChI is InChI=1S/C21H21N3O6S/c1-4-27-20(26)17-11(2)18(22-12(17)3)13(25)10-31-21-24-23-19(30-21)16-9-28-14-7-5-6-8-15(14)29-16/h5-8,16,22H,4,9-10H2,1-3H3. The minimum Gasteiger partial charge on any atom is -0.485 e. The molecule has 0 saturated carbocycles. The summed E-state index contributed by atoms with van der Waals surface area (Å²) in [4.78, 5) is 27.8. The lowest BCUT2D eigenvalue weighted by Gasteiger charge is -2.23. The van der Waals surface area contributed by atoms with Crippen molar-refractivity contribution < 1.29 is 28.2 Å². The highest BCUT2D eigenvalue weighted by atomic mass is 32.2. The SMILES string of the molecule is CCOC(=O)c1c(C)[nH]c(C(=O)CSc2nnc(C3COc4ccccc4O3)o2)c1C. The third-order valence-corrected chi connectivity index (χ3v) is 5.55. The highest BCUT2D eigenvalue weighted by Crippen LogP contribution is 2.36. The van der Waals surface area contributed by atoms with E-state index < -0.39 is 12.1 Å². The third-order valence-electron chi connectivity index (χ3n) is 4.73. The van der Waals surface area contributed by atoms with Crippen LogP contribution in [-0.4, -0.2) is 45.9 Å². The first-order valence-electron chi connectivity index (χ1n) is 9.72. The molecule has 10 heteroatoms. The molecule has 1 unspecified atom stereocenters. The number of carbonyl (C=O) groups is 2. The van der Waals surface area contributed by atoms with E-state index in [9.17, 15) is 9.59 Å². The minimum absolute atomic E-state index is 0.0650. The van der Waals surface area contributed by atoms with Gasteiger partial charge >= 0.3 is 5.97 Å². The Hall–Kier alpha value is -3.27. The quantitative estimate of drug-likeness (QED) is 0.331. The zero-order chi connectivity index (χ0) is 22.0. The molecular weight excluding hydrogens is 422 g/mol. The Morgan fingerprint density at radius 3 is 2.77 bits per heavy atom.